The van der Waals surface area contributed by atoms with Gasteiger partial charge in [-0.05, 0) is 43.2 Å². The van der Waals surface area contributed by atoms with E-state index in [4.69, 9.17) is 0 Å². The molecule has 1 fully saturated rings. The summed E-state index contributed by atoms with van der Waals surface area (Å²) in [5, 5.41) is 13.4. The van der Waals surface area contributed by atoms with Crippen LogP contribution < -0.4 is 5.32 Å². The van der Waals surface area contributed by atoms with Gasteiger partial charge in [-0.3, -0.25) is 9.36 Å². The minimum absolute atomic E-state index is 0.166. The van der Waals surface area contributed by atoms with E-state index in [0.717, 1.165) is 40.3 Å². The largest absolute Gasteiger partial charge is 0.360 e. The normalized spacial score (nSPS) is 13.7. The zero-order valence-corrected chi connectivity index (χ0v) is 16.2. The summed E-state index contributed by atoms with van der Waals surface area (Å²) in [5.74, 6) is 0.530. The van der Waals surface area contributed by atoms with Gasteiger partial charge in [-0.15, -0.1) is 10.2 Å². The van der Waals surface area contributed by atoms with Crippen LogP contribution in [0.15, 0.2) is 59.9 Å². The van der Waals surface area contributed by atoms with Crippen molar-refractivity contribution in [1.29, 1.82) is 0 Å². The number of thioether (sulfide) groups is 1. The predicted molar refractivity (Wildman–Crippen MR) is 111 cm³/mol. The zero-order valence-electron chi connectivity index (χ0n) is 15.4. The first kappa shape index (κ1) is 17.9. The molecule has 0 bridgehead atoms. The van der Waals surface area contributed by atoms with Gasteiger partial charge in [0.1, 0.15) is 5.82 Å². The summed E-state index contributed by atoms with van der Waals surface area (Å²) in [5.41, 5.74) is 2.64. The maximum atomic E-state index is 13.0. The van der Waals surface area contributed by atoms with E-state index in [9.17, 15) is 9.18 Å². The van der Waals surface area contributed by atoms with Crippen molar-refractivity contribution in [3.63, 3.8) is 0 Å². The van der Waals surface area contributed by atoms with Crippen LogP contribution in [0.1, 0.15) is 18.9 Å². The summed E-state index contributed by atoms with van der Waals surface area (Å²) in [6.45, 7) is 0. The molecule has 1 amide bonds. The number of aromatic amines is 1. The molecule has 6 nitrogen and oxygen atoms in total. The number of para-hydroxylation sites is 1. The van der Waals surface area contributed by atoms with Crippen LogP contribution in [0, 0.1) is 5.82 Å². The van der Waals surface area contributed by atoms with Gasteiger partial charge in [0.05, 0.1) is 5.75 Å². The number of halogens is 1. The van der Waals surface area contributed by atoms with E-state index in [1.807, 2.05) is 24.4 Å². The summed E-state index contributed by atoms with van der Waals surface area (Å²) in [4.78, 5) is 15.6. The summed E-state index contributed by atoms with van der Waals surface area (Å²) in [7, 11) is 0. The first-order chi connectivity index (χ1) is 14.2. The smallest absolute Gasteiger partial charge is 0.234 e. The lowest BCUT2D eigenvalue weighted by atomic mass is 10.1. The minimum atomic E-state index is -0.334. The average Bonchev–Trinajstić information content (AvgIpc) is 3.34. The number of aromatic nitrogens is 4. The van der Waals surface area contributed by atoms with Gasteiger partial charge in [-0.25, -0.2) is 4.39 Å². The number of fused-ring (bicyclic) bond motifs is 1. The van der Waals surface area contributed by atoms with Crippen LogP contribution in [0.4, 0.5) is 10.1 Å². The molecule has 146 valence electrons. The Morgan fingerprint density at radius 2 is 1.97 bits per heavy atom. The molecule has 0 radical (unpaired) electrons. The minimum Gasteiger partial charge on any atom is -0.360 e. The quantitative estimate of drug-likeness (QED) is 0.457. The van der Waals surface area contributed by atoms with Crippen LogP contribution in [0.25, 0.3) is 22.3 Å². The fraction of sp³-hybridized carbons (Fsp3) is 0.190. The van der Waals surface area contributed by atoms with Crippen molar-refractivity contribution in [2.75, 3.05) is 11.1 Å². The SMILES string of the molecule is O=C(CSc1nnc(-c2c[nH]c3ccccc23)n1C1CC1)Nc1ccc(F)cc1. The van der Waals surface area contributed by atoms with Gasteiger partial charge in [-0.1, -0.05) is 30.0 Å². The lowest BCUT2D eigenvalue weighted by Gasteiger charge is -2.09. The molecule has 1 aliphatic carbocycles. The molecule has 0 unspecified atom stereocenters. The molecule has 2 aromatic carbocycles. The summed E-state index contributed by atoms with van der Waals surface area (Å²) in [6, 6.07) is 14.2. The Hall–Kier alpha value is -3.13. The Balaban J connectivity index is 1.36. The van der Waals surface area contributed by atoms with Crippen LogP contribution in [-0.4, -0.2) is 31.4 Å². The van der Waals surface area contributed by atoms with Gasteiger partial charge in [-0.2, -0.15) is 0 Å². The molecule has 4 aromatic rings. The maximum absolute atomic E-state index is 13.0. The second kappa shape index (κ2) is 7.36. The second-order valence-corrected chi connectivity index (χ2v) is 7.94. The number of anilines is 1. The van der Waals surface area contributed by atoms with Gasteiger partial charge >= 0.3 is 0 Å². The van der Waals surface area contributed by atoms with E-state index < -0.39 is 0 Å². The first-order valence-corrected chi connectivity index (χ1v) is 10.4. The van der Waals surface area contributed by atoms with Gasteiger partial charge in [0.15, 0.2) is 11.0 Å². The number of carbonyl (C=O) groups is 1. The first-order valence-electron chi connectivity index (χ1n) is 9.38. The van der Waals surface area contributed by atoms with Crippen molar-refractivity contribution in [3.05, 3.63) is 60.5 Å². The number of H-pyrrole nitrogens is 1. The number of amides is 1. The Labute approximate surface area is 170 Å². The van der Waals surface area contributed by atoms with Crippen LogP contribution >= 0.6 is 11.8 Å². The van der Waals surface area contributed by atoms with Crippen LogP contribution in [0.2, 0.25) is 0 Å². The summed E-state index contributed by atoms with van der Waals surface area (Å²) < 4.78 is 15.1. The molecule has 0 saturated heterocycles. The Kier molecular flexibility index (Phi) is 4.55. The highest BCUT2D eigenvalue weighted by molar-refractivity contribution is 7.99. The van der Waals surface area contributed by atoms with Crippen molar-refractivity contribution in [2.24, 2.45) is 0 Å². The van der Waals surface area contributed by atoms with E-state index in [2.05, 4.69) is 31.1 Å². The van der Waals surface area contributed by atoms with Gasteiger partial charge in [0.2, 0.25) is 5.91 Å². The molecule has 0 atom stereocenters. The molecular weight excluding hydrogens is 389 g/mol. The molecule has 5 rings (SSSR count). The highest BCUT2D eigenvalue weighted by Crippen LogP contribution is 2.42. The van der Waals surface area contributed by atoms with Crippen LogP contribution in [-0.2, 0) is 4.79 Å². The maximum Gasteiger partial charge on any atom is 0.234 e. The van der Waals surface area contributed by atoms with Crippen molar-refractivity contribution < 1.29 is 9.18 Å². The Morgan fingerprint density at radius 3 is 2.76 bits per heavy atom. The predicted octanol–water partition coefficient (Wildman–Crippen LogP) is 4.63. The zero-order chi connectivity index (χ0) is 19.8. The average molecular weight is 407 g/mol. The van der Waals surface area contributed by atoms with E-state index in [1.165, 1.54) is 23.9 Å². The highest BCUT2D eigenvalue weighted by Gasteiger charge is 2.31. The van der Waals surface area contributed by atoms with Crippen molar-refractivity contribution in [1.82, 2.24) is 19.7 Å². The number of carbonyl (C=O) groups excluding carboxylic acids is 1. The third kappa shape index (κ3) is 3.63. The molecule has 1 aliphatic rings. The monoisotopic (exact) mass is 407 g/mol. The number of benzene rings is 2. The molecule has 1 saturated carbocycles. The van der Waals surface area contributed by atoms with E-state index in [-0.39, 0.29) is 17.5 Å². The lowest BCUT2D eigenvalue weighted by molar-refractivity contribution is -0.113. The molecule has 0 spiro atoms. The van der Waals surface area contributed by atoms with Crippen molar-refractivity contribution in [3.8, 4) is 11.4 Å². The van der Waals surface area contributed by atoms with Crippen molar-refractivity contribution >= 4 is 34.3 Å². The Morgan fingerprint density at radius 1 is 1.17 bits per heavy atom. The van der Waals surface area contributed by atoms with Crippen LogP contribution in [0.3, 0.4) is 0 Å². The summed E-state index contributed by atoms with van der Waals surface area (Å²) >= 11 is 1.36. The second-order valence-electron chi connectivity index (χ2n) is 7.00. The lowest BCUT2D eigenvalue weighted by Crippen LogP contribution is -2.14. The number of rotatable bonds is 6. The standard InChI is InChI=1S/C21H18FN5OS/c22-13-5-7-14(8-6-13)24-19(28)12-29-21-26-25-20(27(21)15-9-10-15)17-11-23-18-4-2-1-3-16(17)18/h1-8,11,15,23H,9-10,12H2,(H,24,28). The fourth-order valence-electron chi connectivity index (χ4n) is 3.34. The number of hydrogen-bond acceptors (Lipinski definition) is 4. The van der Waals surface area contributed by atoms with Gasteiger partial charge < -0.3 is 10.3 Å². The number of nitrogens with one attached hydrogen (secondary N) is 2. The molecule has 2 N–H and O–H groups in total. The van der Waals surface area contributed by atoms with E-state index in [1.54, 1.807) is 12.1 Å². The third-order valence-corrected chi connectivity index (χ3v) is 5.81. The van der Waals surface area contributed by atoms with Crippen molar-refractivity contribution in [2.45, 2.75) is 24.0 Å². The molecule has 8 heteroatoms. The molecule has 29 heavy (non-hydrogen) atoms. The fourth-order valence-corrected chi connectivity index (χ4v) is 4.14. The number of hydrogen-bond donors (Lipinski definition) is 2. The number of nitrogens with zero attached hydrogens (tertiary/aromatic N) is 3. The molecule has 2 heterocycles. The topological polar surface area (TPSA) is 75.6 Å². The summed E-state index contributed by atoms with van der Waals surface area (Å²) in [6.07, 6.45) is 4.13. The Bertz CT molecular complexity index is 1180. The highest BCUT2D eigenvalue weighted by atomic mass is 32.2. The molecule has 2 aromatic heterocycles. The van der Waals surface area contributed by atoms with E-state index >= 15 is 0 Å². The molecular formula is C21H18FN5OS. The third-order valence-electron chi connectivity index (χ3n) is 4.87. The molecule has 0 aliphatic heterocycles. The van der Waals surface area contributed by atoms with Crippen LogP contribution in [0.5, 0.6) is 0 Å². The van der Waals surface area contributed by atoms with Gasteiger partial charge in [0, 0.05) is 34.4 Å². The van der Waals surface area contributed by atoms with Gasteiger partial charge in [0.25, 0.3) is 0 Å². The van der Waals surface area contributed by atoms with E-state index in [0.29, 0.717) is 11.7 Å².